The molecule has 0 fully saturated rings. The smallest absolute Gasteiger partial charge is 0.405 e. The molecule has 1 aromatic carbocycles. The van der Waals surface area contributed by atoms with Crippen LogP contribution in [-0.4, -0.2) is 12.2 Å². The van der Waals surface area contributed by atoms with Gasteiger partial charge in [-0.2, -0.15) is 0 Å². The normalized spacial score (nSPS) is 13.2. The van der Waals surface area contributed by atoms with Crippen LogP contribution in [0, 0.1) is 0 Å². The molecule has 3 nitrogen and oxygen atoms in total. The van der Waals surface area contributed by atoms with Crippen LogP contribution >= 0.6 is 0 Å². The maximum atomic E-state index is 10.7. The minimum absolute atomic E-state index is 0.226. The molecule has 2 N–H and O–H groups in total. The van der Waals surface area contributed by atoms with Gasteiger partial charge in [-0.1, -0.05) is 42.8 Å². The molecule has 0 spiro atoms. The first-order valence-electron chi connectivity index (χ1n) is 5.79. The van der Waals surface area contributed by atoms with E-state index in [2.05, 4.69) is 12.1 Å². The van der Waals surface area contributed by atoms with E-state index in [1.54, 1.807) is 0 Å². The van der Waals surface area contributed by atoms with E-state index in [9.17, 15) is 4.79 Å². The monoisotopic (exact) mass is 233 g/mol. The zero-order valence-corrected chi connectivity index (χ0v) is 10.3. The highest BCUT2D eigenvalue weighted by atomic mass is 16.6. The summed E-state index contributed by atoms with van der Waals surface area (Å²) >= 11 is 0. The minimum atomic E-state index is -0.722. The van der Waals surface area contributed by atoms with Crippen molar-refractivity contribution in [2.75, 3.05) is 0 Å². The Hall–Kier alpha value is -1.77. The quantitative estimate of drug-likeness (QED) is 0.795. The lowest BCUT2D eigenvalue weighted by Crippen LogP contribution is -2.20. The number of ether oxygens (including phenoxy) is 1. The molecule has 0 unspecified atom stereocenters. The topological polar surface area (TPSA) is 52.3 Å². The molecule has 92 valence electrons. The first-order chi connectivity index (χ1) is 8.11. The average Bonchev–Trinajstić information content (AvgIpc) is 2.28. The van der Waals surface area contributed by atoms with Crippen molar-refractivity contribution in [2.24, 2.45) is 5.73 Å². The van der Waals surface area contributed by atoms with Crippen molar-refractivity contribution in [1.29, 1.82) is 0 Å². The number of allylic oxidation sites excluding steroid dienone is 1. The van der Waals surface area contributed by atoms with Crippen molar-refractivity contribution in [3.05, 3.63) is 47.5 Å². The van der Waals surface area contributed by atoms with Crippen LogP contribution in [0.15, 0.2) is 42.0 Å². The van der Waals surface area contributed by atoms with Gasteiger partial charge in [-0.05, 0) is 31.4 Å². The molecule has 0 saturated heterocycles. The van der Waals surface area contributed by atoms with E-state index >= 15 is 0 Å². The molecule has 0 aromatic heterocycles. The molecule has 0 saturated carbocycles. The van der Waals surface area contributed by atoms with Gasteiger partial charge >= 0.3 is 6.09 Å². The average molecular weight is 233 g/mol. The fourth-order valence-corrected chi connectivity index (χ4v) is 1.68. The maximum absolute atomic E-state index is 10.7. The van der Waals surface area contributed by atoms with Crippen LogP contribution in [0.1, 0.15) is 25.8 Å². The largest absolute Gasteiger partial charge is 0.442 e. The lowest BCUT2D eigenvalue weighted by molar-refractivity contribution is 0.127. The summed E-state index contributed by atoms with van der Waals surface area (Å²) in [6.45, 7) is 3.99. The van der Waals surface area contributed by atoms with Gasteiger partial charge in [0.1, 0.15) is 6.10 Å². The molecule has 1 aromatic rings. The van der Waals surface area contributed by atoms with Gasteiger partial charge in [0.05, 0.1) is 0 Å². The predicted octanol–water partition coefficient (Wildman–Crippen LogP) is 3.05. The van der Waals surface area contributed by atoms with Crippen LogP contribution in [0.4, 0.5) is 4.79 Å². The Morgan fingerprint density at radius 3 is 2.59 bits per heavy atom. The van der Waals surface area contributed by atoms with Crippen LogP contribution in [0.3, 0.4) is 0 Å². The van der Waals surface area contributed by atoms with E-state index in [0.717, 1.165) is 12.8 Å². The van der Waals surface area contributed by atoms with Crippen molar-refractivity contribution in [3.8, 4) is 0 Å². The summed E-state index contributed by atoms with van der Waals surface area (Å²) in [7, 11) is 0. The lowest BCUT2D eigenvalue weighted by atomic mass is 10.0. The fraction of sp³-hybridized carbons (Fsp3) is 0.357. The molecular weight excluding hydrogens is 214 g/mol. The summed E-state index contributed by atoms with van der Waals surface area (Å²) in [6.07, 6.45) is 2.60. The number of hydrogen-bond donors (Lipinski definition) is 1. The second kappa shape index (κ2) is 6.74. The van der Waals surface area contributed by atoms with Crippen LogP contribution in [0.5, 0.6) is 0 Å². The van der Waals surface area contributed by atoms with Crippen molar-refractivity contribution in [1.82, 2.24) is 0 Å². The van der Waals surface area contributed by atoms with E-state index in [4.69, 9.17) is 10.5 Å². The van der Waals surface area contributed by atoms with Crippen molar-refractivity contribution in [3.63, 3.8) is 0 Å². The van der Waals surface area contributed by atoms with Crippen molar-refractivity contribution < 1.29 is 9.53 Å². The SMILES string of the molecule is CC[C@@H](/C=C(\C)Cc1ccccc1)OC(N)=O. The molecule has 0 aliphatic carbocycles. The summed E-state index contributed by atoms with van der Waals surface area (Å²) < 4.78 is 4.97. The highest BCUT2D eigenvalue weighted by molar-refractivity contribution is 5.65. The minimum Gasteiger partial charge on any atom is -0.442 e. The van der Waals surface area contributed by atoms with Gasteiger partial charge in [0.15, 0.2) is 0 Å². The fourth-order valence-electron chi connectivity index (χ4n) is 1.68. The third-order valence-corrected chi connectivity index (χ3v) is 2.47. The number of hydrogen-bond acceptors (Lipinski definition) is 2. The van der Waals surface area contributed by atoms with Crippen LogP contribution < -0.4 is 5.73 Å². The molecule has 0 bridgehead atoms. The van der Waals surface area contributed by atoms with E-state index < -0.39 is 6.09 Å². The Morgan fingerprint density at radius 1 is 1.41 bits per heavy atom. The van der Waals surface area contributed by atoms with Crippen LogP contribution in [-0.2, 0) is 11.2 Å². The molecular formula is C14H19NO2. The van der Waals surface area contributed by atoms with E-state index in [-0.39, 0.29) is 6.10 Å². The van der Waals surface area contributed by atoms with E-state index in [0.29, 0.717) is 0 Å². The van der Waals surface area contributed by atoms with Crippen LogP contribution in [0.2, 0.25) is 0 Å². The molecule has 0 radical (unpaired) electrons. The summed E-state index contributed by atoms with van der Waals surface area (Å²) in [5, 5.41) is 0. The first-order valence-corrected chi connectivity index (χ1v) is 5.79. The number of nitrogens with two attached hydrogens (primary N) is 1. The number of carbonyl (C=O) groups is 1. The molecule has 0 aliphatic heterocycles. The second-order valence-corrected chi connectivity index (χ2v) is 4.06. The lowest BCUT2D eigenvalue weighted by Gasteiger charge is -2.11. The van der Waals surface area contributed by atoms with E-state index in [1.807, 2.05) is 38.1 Å². The van der Waals surface area contributed by atoms with E-state index in [1.165, 1.54) is 11.1 Å². The Bertz CT molecular complexity index is 384. The van der Waals surface area contributed by atoms with Gasteiger partial charge in [-0.15, -0.1) is 0 Å². The number of rotatable bonds is 5. The zero-order chi connectivity index (χ0) is 12.7. The number of carbonyl (C=O) groups excluding carboxylic acids is 1. The Balaban J connectivity index is 2.61. The summed E-state index contributed by atoms with van der Waals surface area (Å²) in [4.78, 5) is 10.7. The molecule has 3 heteroatoms. The van der Waals surface area contributed by atoms with Crippen molar-refractivity contribution in [2.45, 2.75) is 32.8 Å². The van der Waals surface area contributed by atoms with Crippen LogP contribution in [0.25, 0.3) is 0 Å². The van der Waals surface area contributed by atoms with Gasteiger partial charge in [0.2, 0.25) is 0 Å². The standard InChI is InChI=1S/C14H19NO2/c1-3-13(17-14(15)16)10-11(2)9-12-7-5-4-6-8-12/h4-8,10,13H,3,9H2,1-2H3,(H2,15,16)/b11-10+/t13-/m0/s1. The van der Waals surface area contributed by atoms with Gasteiger partial charge < -0.3 is 10.5 Å². The zero-order valence-electron chi connectivity index (χ0n) is 10.3. The third kappa shape index (κ3) is 5.20. The van der Waals surface area contributed by atoms with Gasteiger partial charge in [0, 0.05) is 0 Å². The first kappa shape index (κ1) is 13.3. The van der Waals surface area contributed by atoms with Gasteiger partial charge in [-0.3, -0.25) is 0 Å². The Morgan fingerprint density at radius 2 is 2.06 bits per heavy atom. The maximum Gasteiger partial charge on any atom is 0.405 e. The molecule has 1 rings (SSSR count). The number of benzene rings is 1. The summed E-state index contributed by atoms with van der Waals surface area (Å²) in [6, 6.07) is 10.2. The molecule has 1 amide bonds. The van der Waals surface area contributed by atoms with Gasteiger partial charge in [-0.25, -0.2) is 4.79 Å². The van der Waals surface area contributed by atoms with Gasteiger partial charge in [0.25, 0.3) is 0 Å². The molecule has 17 heavy (non-hydrogen) atoms. The highest BCUT2D eigenvalue weighted by Crippen LogP contribution is 2.10. The molecule has 1 atom stereocenters. The highest BCUT2D eigenvalue weighted by Gasteiger charge is 2.07. The Kier molecular flexibility index (Phi) is 5.27. The molecule has 0 aliphatic rings. The summed E-state index contributed by atoms with van der Waals surface area (Å²) in [5.74, 6) is 0. The summed E-state index contributed by atoms with van der Waals surface area (Å²) in [5.41, 5.74) is 7.42. The van der Waals surface area contributed by atoms with Crippen molar-refractivity contribution >= 4 is 6.09 Å². The molecule has 0 heterocycles. The number of primary amides is 1. The number of amides is 1. The second-order valence-electron chi connectivity index (χ2n) is 4.06. The third-order valence-electron chi connectivity index (χ3n) is 2.47. The predicted molar refractivity (Wildman–Crippen MR) is 68.7 cm³/mol. The Labute approximate surface area is 102 Å².